The molecule has 0 atom stereocenters. The van der Waals surface area contributed by atoms with Gasteiger partial charge in [0.1, 0.15) is 18.4 Å². The van der Waals surface area contributed by atoms with E-state index in [-0.39, 0.29) is 10.7 Å². The van der Waals surface area contributed by atoms with Gasteiger partial charge >= 0.3 is 5.97 Å². The number of esters is 1. The van der Waals surface area contributed by atoms with Gasteiger partial charge in [-0.25, -0.2) is 9.78 Å². The number of amides is 1. The SMILES string of the molecule is O=C(COC(=O)c1ccnc(Cl)c1)Nc1ccc2c(c1)OCCO2. The van der Waals surface area contributed by atoms with E-state index in [1.54, 1.807) is 18.2 Å². The van der Waals surface area contributed by atoms with Crippen LogP contribution >= 0.6 is 11.6 Å². The first-order chi connectivity index (χ1) is 11.6. The molecule has 2 aromatic rings. The lowest BCUT2D eigenvalue weighted by molar-refractivity contribution is -0.119. The largest absolute Gasteiger partial charge is 0.486 e. The number of aromatic nitrogens is 1. The Morgan fingerprint density at radius 1 is 1.17 bits per heavy atom. The van der Waals surface area contributed by atoms with Crippen molar-refractivity contribution < 1.29 is 23.8 Å². The van der Waals surface area contributed by atoms with Gasteiger partial charge in [-0.1, -0.05) is 11.6 Å². The predicted octanol–water partition coefficient (Wildman–Crippen LogP) is 2.30. The van der Waals surface area contributed by atoms with Crippen LogP contribution in [-0.4, -0.2) is 36.7 Å². The van der Waals surface area contributed by atoms with Crippen molar-refractivity contribution in [3.8, 4) is 11.5 Å². The third-order valence-electron chi connectivity index (χ3n) is 3.12. The Hall–Kier alpha value is -2.80. The van der Waals surface area contributed by atoms with Gasteiger partial charge < -0.3 is 19.5 Å². The van der Waals surface area contributed by atoms with E-state index in [2.05, 4.69) is 10.3 Å². The minimum absolute atomic E-state index is 0.171. The molecule has 1 aliphatic rings. The molecule has 124 valence electrons. The number of nitrogens with one attached hydrogen (secondary N) is 1. The lowest BCUT2D eigenvalue weighted by atomic mass is 10.2. The molecular weight excluding hydrogens is 336 g/mol. The van der Waals surface area contributed by atoms with E-state index in [0.29, 0.717) is 30.4 Å². The van der Waals surface area contributed by atoms with E-state index in [0.717, 1.165) is 0 Å². The quantitative estimate of drug-likeness (QED) is 0.674. The first kappa shape index (κ1) is 16.1. The standard InChI is InChI=1S/C16H13ClN2O5/c17-14-7-10(3-4-18-14)16(21)24-9-15(20)19-11-1-2-12-13(8-11)23-6-5-22-12/h1-4,7-8H,5-6,9H2,(H,19,20). The number of benzene rings is 1. The Morgan fingerprint density at radius 3 is 2.75 bits per heavy atom. The third-order valence-corrected chi connectivity index (χ3v) is 3.33. The van der Waals surface area contributed by atoms with Gasteiger partial charge in [0.15, 0.2) is 18.1 Å². The normalized spacial score (nSPS) is 12.4. The number of carbonyl (C=O) groups is 2. The molecule has 1 aromatic carbocycles. The van der Waals surface area contributed by atoms with Crippen LogP contribution < -0.4 is 14.8 Å². The number of halogens is 1. The highest BCUT2D eigenvalue weighted by Gasteiger charge is 2.14. The fraction of sp³-hybridized carbons (Fsp3) is 0.188. The van der Waals surface area contributed by atoms with Gasteiger partial charge in [-0.15, -0.1) is 0 Å². The Morgan fingerprint density at radius 2 is 1.96 bits per heavy atom. The molecule has 1 aliphatic heterocycles. The van der Waals surface area contributed by atoms with Gasteiger partial charge in [0.05, 0.1) is 5.56 Å². The van der Waals surface area contributed by atoms with Gasteiger partial charge in [-0.3, -0.25) is 4.79 Å². The van der Waals surface area contributed by atoms with Crippen molar-refractivity contribution in [1.29, 1.82) is 0 Å². The van der Waals surface area contributed by atoms with E-state index in [1.165, 1.54) is 18.3 Å². The first-order valence-corrected chi connectivity index (χ1v) is 7.48. The number of hydrogen-bond acceptors (Lipinski definition) is 6. The van der Waals surface area contributed by atoms with E-state index < -0.39 is 18.5 Å². The maximum Gasteiger partial charge on any atom is 0.338 e. The van der Waals surface area contributed by atoms with Gasteiger partial charge in [0, 0.05) is 18.0 Å². The molecule has 0 aliphatic carbocycles. The van der Waals surface area contributed by atoms with E-state index in [4.69, 9.17) is 25.8 Å². The summed E-state index contributed by atoms with van der Waals surface area (Å²) < 4.78 is 15.8. The van der Waals surface area contributed by atoms with Crippen LogP contribution in [0.25, 0.3) is 0 Å². The Labute approximate surface area is 142 Å². The fourth-order valence-electron chi connectivity index (χ4n) is 2.06. The Balaban J connectivity index is 1.55. The maximum absolute atomic E-state index is 11.9. The van der Waals surface area contributed by atoms with E-state index in [9.17, 15) is 9.59 Å². The zero-order valence-corrected chi connectivity index (χ0v) is 13.2. The molecule has 0 saturated carbocycles. The van der Waals surface area contributed by atoms with Gasteiger partial charge in [0.2, 0.25) is 0 Å². The van der Waals surface area contributed by atoms with Crippen molar-refractivity contribution in [2.75, 3.05) is 25.1 Å². The van der Waals surface area contributed by atoms with Crippen molar-refractivity contribution in [3.05, 3.63) is 47.2 Å². The summed E-state index contributed by atoms with van der Waals surface area (Å²) in [5, 5.41) is 2.79. The molecule has 0 saturated heterocycles. The average Bonchev–Trinajstić information content (AvgIpc) is 2.59. The summed E-state index contributed by atoms with van der Waals surface area (Å²) in [6, 6.07) is 7.84. The number of carbonyl (C=O) groups excluding carboxylic acids is 2. The van der Waals surface area contributed by atoms with Crippen LogP contribution in [0.2, 0.25) is 5.15 Å². The number of fused-ring (bicyclic) bond motifs is 1. The van der Waals surface area contributed by atoms with Crippen molar-refractivity contribution in [2.45, 2.75) is 0 Å². The van der Waals surface area contributed by atoms with Crippen molar-refractivity contribution in [3.63, 3.8) is 0 Å². The molecule has 3 rings (SSSR count). The molecule has 7 nitrogen and oxygen atoms in total. The molecule has 1 amide bonds. The number of nitrogens with zero attached hydrogens (tertiary/aromatic N) is 1. The fourth-order valence-corrected chi connectivity index (χ4v) is 2.24. The lowest BCUT2D eigenvalue weighted by Crippen LogP contribution is -2.21. The molecule has 0 bridgehead atoms. The second kappa shape index (κ2) is 7.18. The summed E-state index contributed by atoms with van der Waals surface area (Å²) in [5.41, 5.74) is 0.745. The summed E-state index contributed by atoms with van der Waals surface area (Å²) in [4.78, 5) is 27.5. The summed E-state index contributed by atoms with van der Waals surface area (Å²) in [7, 11) is 0. The smallest absolute Gasteiger partial charge is 0.338 e. The maximum atomic E-state index is 11.9. The van der Waals surface area contributed by atoms with Crippen LogP contribution in [0.1, 0.15) is 10.4 Å². The molecule has 0 fully saturated rings. The summed E-state index contributed by atoms with van der Waals surface area (Å²) >= 11 is 5.70. The molecule has 2 heterocycles. The molecule has 0 radical (unpaired) electrons. The third kappa shape index (κ3) is 3.94. The molecule has 24 heavy (non-hydrogen) atoms. The van der Waals surface area contributed by atoms with Gasteiger partial charge in [0.25, 0.3) is 5.91 Å². The van der Waals surface area contributed by atoms with Crippen LogP contribution in [0, 0.1) is 0 Å². The van der Waals surface area contributed by atoms with E-state index >= 15 is 0 Å². The molecule has 1 aromatic heterocycles. The van der Waals surface area contributed by atoms with Crippen LogP contribution in [0.4, 0.5) is 5.69 Å². The molecule has 0 unspecified atom stereocenters. The molecule has 8 heteroatoms. The monoisotopic (exact) mass is 348 g/mol. The topological polar surface area (TPSA) is 86.8 Å². The molecule has 0 spiro atoms. The molecule has 1 N–H and O–H groups in total. The summed E-state index contributed by atoms with van der Waals surface area (Å²) in [6.45, 7) is 0.525. The zero-order chi connectivity index (χ0) is 16.9. The minimum atomic E-state index is -0.656. The van der Waals surface area contributed by atoms with E-state index in [1.807, 2.05) is 0 Å². The van der Waals surface area contributed by atoms with Gasteiger partial charge in [-0.2, -0.15) is 0 Å². The minimum Gasteiger partial charge on any atom is -0.486 e. The number of ether oxygens (including phenoxy) is 3. The van der Waals surface area contributed by atoms with Crippen LogP contribution in [0.5, 0.6) is 11.5 Å². The average molecular weight is 349 g/mol. The number of rotatable bonds is 4. The highest BCUT2D eigenvalue weighted by molar-refractivity contribution is 6.29. The number of anilines is 1. The lowest BCUT2D eigenvalue weighted by Gasteiger charge is -2.19. The van der Waals surface area contributed by atoms with Crippen molar-refractivity contribution in [1.82, 2.24) is 4.98 Å². The van der Waals surface area contributed by atoms with Crippen molar-refractivity contribution in [2.24, 2.45) is 0 Å². The summed E-state index contributed by atoms with van der Waals surface area (Å²) in [5.74, 6) is 0.0551. The second-order valence-corrected chi connectivity index (χ2v) is 5.24. The van der Waals surface area contributed by atoms with Crippen molar-refractivity contribution >= 4 is 29.2 Å². The van der Waals surface area contributed by atoms with Gasteiger partial charge in [-0.05, 0) is 24.3 Å². The summed E-state index contributed by atoms with van der Waals surface area (Å²) in [6.07, 6.45) is 1.38. The van der Waals surface area contributed by atoms with Crippen LogP contribution in [0.3, 0.4) is 0 Å². The van der Waals surface area contributed by atoms with Crippen LogP contribution in [0.15, 0.2) is 36.5 Å². The van der Waals surface area contributed by atoms with Crippen LogP contribution in [-0.2, 0) is 9.53 Å². The Bertz CT molecular complexity index is 781. The second-order valence-electron chi connectivity index (χ2n) is 4.85. The highest BCUT2D eigenvalue weighted by atomic mass is 35.5. The Kier molecular flexibility index (Phi) is 4.81. The zero-order valence-electron chi connectivity index (χ0n) is 12.5. The predicted molar refractivity (Wildman–Crippen MR) is 85.6 cm³/mol. The number of hydrogen-bond donors (Lipinski definition) is 1. The first-order valence-electron chi connectivity index (χ1n) is 7.10. The molecular formula is C16H13ClN2O5. The number of pyridine rings is 1. The highest BCUT2D eigenvalue weighted by Crippen LogP contribution is 2.32.